The standard InChI is InChI=1S/C10H9ClO3/c11-7-5-6(1-2-8(7)12)9-3-4-10(13)14-9/h1-2,5,9,12H,3-4H2. The van der Waals surface area contributed by atoms with Crippen LogP contribution in [0.5, 0.6) is 5.75 Å². The van der Waals surface area contributed by atoms with E-state index in [2.05, 4.69) is 0 Å². The van der Waals surface area contributed by atoms with Crippen molar-refractivity contribution >= 4 is 17.6 Å². The molecule has 14 heavy (non-hydrogen) atoms. The van der Waals surface area contributed by atoms with Crippen LogP contribution in [0.3, 0.4) is 0 Å². The fourth-order valence-electron chi connectivity index (χ4n) is 1.48. The Morgan fingerprint density at radius 3 is 2.86 bits per heavy atom. The SMILES string of the molecule is O=C1CCC(c2ccc(O)c(Cl)c2)O1. The number of benzene rings is 1. The van der Waals surface area contributed by atoms with Gasteiger partial charge in [-0.05, 0) is 24.1 Å². The lowest BCUT2D eigenvalue weighted by Crippen LogP contribution is -1.98. The van der Waals surface area contributed by atoms with Crippen LogP contribution >= 0.6 is 11.6 Å². The Balaban J connectivity index is 2.24. The Kier molecular flexibility index (Phi) is 2.33. The summed E-state index contributed by atoms with van der Waals surface area (Å²) in [6.07, 6.45) is 0.920. The van der Waals surface area contributed by atoms with Gasteiger partial charge in [0, 0.05) is 6.42 Å². The molecule has 4 heteroatoms. The quantitative estimate of drug-likeness (QED) is 0.728. The van der Waals surface area contributed by atoms with Crippen molar-refractivity contribution in [3.05, 3.63) is 28.8 Å². The van der Waals surface area contributed by atoms with Gasteiger partial charge in [-0.3, -0.25) is 4.79 Å². The second kappa shape index (κ2) is 3.50. The van der Waals surface area contributed by atoms with Gasteiger partial charge < -0.3 is 9.84 Å². The maximum absolute atomic E-state index is 10.9. The lowest BCUT2D eigenvalue weighted by atomic mass is 10.1. The highest BCUT2D eigenvalue weighted by Gasteiger charge is 2.25. The summed E-state index contributed by atoms with van der Waals surface area (Å²) in [4.78, 5) is 10.9. The molecule has 1 unspecified atom stereocenters. The van der Waals surface area contributed by atoms with Crippen molar-refractivity contribution in [2.45, 2.75) is 18.9 Å². The summed E-state index contributed by atoms with van der Waals surface area (Å²) in [5, 5.41) is 9.48. The molecule has 1 aliphatic heterocycles. The highest BCUT2D eigenvalue weighted by molar-refractivity contribution is 6.32. The minimum absolute atomic E-state index is 0.0414. The molecule has 1 fully saturated rings. The molecule has 0 aliphatic carbocycles. The third-order valence-electron chi connectivity index (χ3n) is 2.23. The predicted molar refractivity (Wildman–Crippen MR) is 51.2 cm³/mol. The van der Waals surface area contributed by atoms with Gasteiger partial charge in [0.05, 0.1) is 5.02 Å². The Hall–Kier alpha value is -1.22. The minimum Gasteiger partial charge on any atom is -0.506 e. The summed E-state index contributed by atoms with van der Waals surface area (Å²) in [7, 11) is 0. The number of carbonyl (C=O) groups excluding carboxylic acids is 1. The Bertz CT molecular complexity index is 376. The predicted octanol–water partition coefficient (Wildman–Crippen LogP) is 2.42. The van der Waals surface area contributed by atoms with Gasteiger partial charge in [0.1, 0.15) is 11.9 Å². The van der Waals surface area contributed by atoms with Crippen molar-refractivity contribution < 1.29 is 14.6 Å². The summed E-state index contributed by atoms with van der Waals surface area (Å²) >= 11 is 5.74. The van der Waals surface area contributed by atoms with Gasteiger partial charge in [-0.2, -0.15) is 0 Å². The van der Waals surface area contributed by atoms with E-state index in [1.807, 2.05) is 0 Å². The lowest BCUT2D eigenvalue weighted by Gasteiger charge is -2.09. The molecule has 1 N–H and O–H groups in total. The first-order valence-electron chi connectivity index (χ1n) is 4.35. The summed E-state index contributed by atoms with van der Waals surface area (Å²) < 4.78 is 5.06. The number of cyclic esters (lactones) is 1. The van der Waals surface area contributed by atoms with Crippen molar-refractivity contribution in [1.29, 1.82) is 0 Å². The molecule has 0 saturated carbocycles. The molecule has 2 rings (SSSR count). The van der Waals surface area contributed by atoms with Crippen molar-refractivity contribution in [2.75, 3.05) is 0 Å². The molecule has 1 aliphatic rings. The molecule has 1 saturated heterocycles. The Morgan fingerprint density at radius 2 is 2.29 bits per heavy atom. The van der Waals surface area contributed by atoms with Gasteiger partial charge in [-0.15, -0.1) is 0 Å². The summed E-state index contributed by atoms with van der Waals surface area (Å²) in [5.41, 5.74) is 0.832. The number of aromatic hydroxyl groups is 1. The zero-order valence-corrected chi connectivity index (χ0v) is 8.12. The van der Waals surface area contributed by atoms with E-state index in [1.54, 1.807) is 12.1 Å². The average molecular weight is 213 g/mol. The Morgan fingerprint density at radius 1 is 1.50 bits per heavy atom. The molecular weight excluding hydrogens is 204 g/mol. The van der Waals surface area contributed by atoms with Crippen LogP contribution in [0.1, 0.15) is 24.5 Å². The fraction of sp³-hybridized carbons (Fsp3) is 0.300. The monoisotopic (exact) mass is 212 g/mol. The summed E-state index contributed by atoms with van der Waals surface area (Å²) in [6.45, 7) is 0. The molecule has 1 aromatic rings. The van der Waals surface area contributed by atoms with E-state index in [0.717, 1.165) is 5.56 Å². The van der Waals surface area contributed by atoms with Crippen molar-refractivity contribution in [3.8, 4) is 5.75 Å². The molecule has 0 amide bonds. The van der Waals surface area contributed by atoms with E-state index in [1.165, 1.54) is 6.07 Å². The van der Waals surface area contributed by atoms with Gasteiger partial charge in [0.2, 0.25) is 0 Å². The van der Waals surface area contributed by atoms with Crippen LogP contribution in [-0.4, -0.2) is 11.1 Å². The van der Waals surface area contributed by atoms with E-state index < -0.39 is 0 Å². The third kappa shape index (κ3) is 1.68. The number of rotatable bonds is 1. The maximum atomic E-state index is 10.9. The molecule has 74 valence electrons. The van der Waals surface area contributed by atoms with Gasteiger partial charge in [0.15, 0.2) is 0 Å². The first kappa shape index (κ1) is 9.34. The van der Waals surface area contributed by atoms with Crippen LogP contribution < -0.4 is 0 Å². The number of phenolic OH excluding ortho intramolecular Hbond substituents is 1. The van der Waals surface area contributed by atoms with E-state index in [-0.39, 0.29) is 22.8 Å². The molecule has 0 bridgehead atoms. The van der Waals surface area contributed by atoms with Gasteiger partial charge in [-0.25, -0.2) is 0 Å². The lowest BCUT2D eigenvalue weighted by molar-refractivity contribution is -0.141. The third-order valence-corrected chi connectivity index (χ3v) is 2.53. The largest absolute Gasteiger partial charge is 0.506 e. The molecule has 3 nitrogen and oxygen atoms in total. The molecular formula is C10H9ClO3. The van der Waals surface area contributed by atoms with Crippen molar-refractivity contribution in [3.63, 3.8) is 0 Å². The average Bonchev–Trinajstić information content (AvgIpc) is 2.57. The zero-order valence-electron chi connectivity index (χ0n) is 7.37. The topological polar surface area (TPSA) is 46.5 Å². The number of halogens is 1. The number of phenols is 1. The maximum Gasteiger partial charge on any atom is 0.306 e. The number of ether oxygens (including phenoxy) is 1. The van der Waals surface area contributed by atoms with E-state index >= 15 is 0 Å². The van der Waals surface area contributed by atoms with Gasteiger partial charge in [0.25, 0.3) is 0 Å². The molecule has 1 aromatic carbocycles. The summed E-state index contributed by atoms with van der Waals surface area (Å²) in [5.74, 6) is -0.140. The number of carbonyl (C=O) groups is 1. The van der Waals surface area contributed by atoms with Crippen molar-refractivity contribution in [1.82, 2.24) is 0 Å². The molecule has 0 aromatic heterocycles. The highest BCUT2D eigenvalue weighted by atomic mass is 35.5. The van der Waals surface area contributed by atoms with E-state index in [9.17, 15) is 9.90 Å². The summed E-state index contributed by atoms with van der Waals surface area (Å²) in [6, 6.07) is 4.84. The van der Waals surface area contributed by atoms with Crippen LogP contribution in [0.25, 0.3) is 0 Å². The van der Waals surface area contributed by atoms with Gasteiger partial charge >= 0.3 is 5.97 Å². The number of hydrogen-bond donors (Lipinski definition) is 1. The first-order chi connectivity index (χ1) is 6.66. The molecule has 0 radical (unpaired) electrons. The number of esters is 1. The normalized spacial score (nSPS) is 20.9. The second-order valence-corrected chi connectivity index (χ2v) is 3.64. The molecule has 1 heterocycles. The molecule has 0 spiro atoms. The molecule has 1 atom stereocenters. The van der Waals surface area contributed by atoms with Crippen LogP contribution in [0.2, 0.25) is 5.02 Å². The van der Waals surface area contributed by atoms with Crippen LogP contribution in [0, 0.1) is 0 Å². The van der Waals surface area contributed by atoms with Crippen molar-refractivity contribution in [2.24, 2.45) is 0 Å². The highest BCUT2D eigenvalue weighted by Crippen LogP contribution is 2.33. The fourth-order valence-corrected chi connectivity index (χ4v) is 1.67. The zero-order chi connectivity index (χ0) is 10.1. The van der Waals surface area contributed by atoms with Crippen LogP contribution in [-0.2, 0) is 9.53 Å². The first-order valence-corrected chi connectivity index (χ1v) is 4.72. The minimum atomic E-state index is -0.208. The van der Waals surface area contributed by atoms with Crippen LogP contribution in [0.15, 0.2) is 18.2 Å². The number of hydrogen-bond acceptors (Lipinski definition) is 3. The van der Waals surface area contributed by atoms with E-state index in [4.69, 9.17) is 16.3 Å². The van der Waals surface area contributed by atoms with Gasteiger partial charge in [-0.1, -0.05) is 17.7 Å². The Labute approximate surface area is 86.3 Å². The van der Waals surface area contributed by atoms with E-state index in [0.29, 0.717) is 12.8 Å². The smallest absolute Gasteiger partial charge is 0.306 e. The van der Waals surface area contributed by atoms with Crippen LogP contribution in [0.4, 0.5) is 0 Å². The second-order valence-electron chi connectivity index (χ2n) is 3.23.